The summed E-state index contributed by atoms with van der Waals surface area (Å²) in [6.45, 7) is 5.05. The first-order valence-electron chi connectivity index (χ1n) is 10.1. The monoisotopic (exact) mass is 444 g/mol. The summed E-state index contributed by atoms with van der Waals surface area (Å²) in [4.78, 5) is 52.0. The molecule has 2 aromatic rings. The number of thioether (sulfide) groups is 1. The number of Topliss-reactive ketones (excluding diaryl/α,β-unsaturated/α-hetero) is 1. The third-order valence-electron chi connectivity index (χ3n) is 4.59. The summed E-state index contributed by atoms with van der Waals surface area (Å²) in [7, 11) is 0. The van der Waals surface area contributed by atoms with Gasteiger partial charge in [-0.05, 0) is 18.1 Å². The maximum absolute atomic E-state index is 13.0. The number of hydrogen-bond donors (Lipinski definition) is 4. The number of aromatic amines is 1. The Labute approximate surface area is 185 Å². The highest BCUT2D eigenvalue weighted by Crippen LogP contribution is 2.20. The van der Waals surface area contributed by atoms with E-state index in [1.54, 1.807) is 6.20 Å². The molecule has 2 atom stereocenters. The highest BCUT2D eigenvalue weighted by Gasteiger charge is 2.28. The standard InChI is InChI=1S/C22H28N4O4S/c1-13(2)31-22(30)19(9-8-16(28)11-23)26-21(29)20(25-14(3)27)10-15-12-24-18-7-5-4-6-17(15)18/h4-7,11-13,19-20,23-24H,8-10H2,1-3H3,(H,25,27)(H,26,29)/t19-,20-/m0/s1. The third-order valence-corrected chi connectivity index (χ3v) is 5.57. The number of hydrogen-bond acceptors (Lipinski definition) is 6. The second-order valence-electron chi connectivity index (χ2n) is 7.51. The summed E-state index contributed by atoms with van der Waals surface area (Å²) in [6, 6.07) is 5.88. The molecule has 2 amide bonds. The van der Waals surface area contributed by atoms with Crippen molar-refractivity contribution in [1.82, 2.24) is 15.6 Å². The summed E-state index contributed by atoms with van der Waals surface area (Å²) >= 11 is 1.08. The van der Waals surface area contributed by atoms with Crippen molar-refractivity contribution in [2.75, 3.05) is 0 Å². The van der Waals surface area contributed by atoms with Crippen molar-refractivity contribution >= 4 is 51.6 Å². The average molecular weight is 445 g/mol. The minimum atomic E-state index is -0.886. The zero-order valence-electron chi connectivity index (χ0n) is 17.9. The zero-order valence-corrected chi connectivity index (χ0v) is 18.7. The number of para-hydroxylation sites is 1. The van der Waals surface area contributed by atoms with Gasteiger partial charge in [-0.2, -0.15) is 0 Å². The first-order valence-corrected chi connectivity index (χ1v) is 11.0. The molecule has 0 radical (unpaired) electrons. The van der Waals surface area contributed by atoms with Gasteiger partial charge in [0.1, 0.15) is 6.04 Å². The maximum atomic E-state index is 13.0. The third kappa shape index (κ3) is 7.36. The van der Waals surface area contributed by atoms with E-state index in [0.717, 1.165) is 28.2 Å². The van der Waals surface area contributed by atoms with E-state index in [2.05, 4.69) is 15.6 Å². The number of amides is 2. The molecule has 0 bridgehead atoms. The van der Waals surface area contributed by atoms with Gasteiger partial charge < -0.3 is 21.0 Å². The summed E-state index contributed by atoms with van der Waals surface area (Å²) in [5.74, 6) is -1.28. The smallest absolute Gasteiger partial charge is 0.243 e. The molecule has 0 saturated carbocycles. The molecular weight excluding hydrogens is 416 g/mol. The first-order chi connectivity index (χ1) is 14.7. The van der Waals surface area contributed by atoms with Gasteiger partial charge in [0.2, 0.25) is 16.9 Å². The lowest BCUT2D eigenvalue weighted by molar-refractivity contribution is -0.129. The Hall–Kier alpha value is -2.94. The van der Waals surface area contributed by atoms with Crippen LogP contribution in [0.4, 0.5) is 0 Å². The minimum absolute atomic E-state index is 0.0164. The number of fused-ring (bicyclic) bond motifs is 1. The summed E-state index contributed by atoms with van der Waals surface area (Å²) in [5.41, 5.74) is 1.79. The van der Waals surface area contributed by atoms with Gasteiger partial charge in [-0.25, -0.2) is 0 Å². The summed E-state index contributed by atoms with van der Waals surface area (Å²) < 4.78 is 0. The Bertz CT molecular complexity index is 969. The molecule has 0 unspecified atom stereocenters. The molecule has 0 aliphatic heterocycles. The van der Waals surface area contributed by atoms with Gasteiger partial charge in [0, 0.05) is 42.1 Å². The van der Waals surface area contributed by atoms with Crippen LogP contribution in [-0.2, 0) is 25.6 Å². The molecular formula is C22H28N4O4S. The lowest BCUT2D eigenvalue weighted by atomic mass is 10.0. The van der Waals surface area contributed by atoms with Gasteiger partial charge >= 0.3 is 0 Å². The van der Waals surface area contributed by atoms with Gasteiger partial charge in [-0.1, -0.05) is 43.8 Å². The summed E-state index contributed by atoms with van der Waals surface area (Å²) in [5, 5.41) is 13.1. The average Bonchev–Trinajstić information content (AvgIpc) is 3.12. The number of ketones is 1. The molecule has 4 N–H and O–H groups in total. The Morgan fingerprint density at radius 2 is 1.84 bits per heavy atom. The van der Waals surface area contributed by atoms with Crippen molar-refractivity contribution in [3.63, 3.8) is 0 Å². The second-order valence-corrected chi connectivity index (χ2v) is 9.09. The number of carbonyl (C=O) groups is 4. The molecule has 0 fully saturated rings. The van der Waals surface area contributed by atoms with Crippen LogP contribution >= 0.6 is 11.8 Å². The van der Waals surface area contributed by atoms with Crippen molar-refractivity contribution in [2.24, 2.45) is 0 Å². The van der Waals surface area contributed by atoms with Crippen molar-refractivity contribution < 1.29 is 19.2 Å². The van der Waals surface area contributed by atoms with Gasteiger partial charge in [0.05, 0.1) is 12.3 Å². The van der Waals surface area contributed by atoms with E-state index in [1.165, 1.54) is 6.92 Å². The van der Waals surface area contributed by atoms with E-state index < -0.39 is 23.8 Å². The van der Waals surface area contributed by atoms with E-state index in [-0.39, 0.29) is 35.5 Å². The fourth-order valence-corrected chi connectivity index (χ4v) is 3.98. The van der Waals surface area contributed by atoms with Gasteiger partial charge in [-0.3, -0.25) is 19.2 Å². The van der Waals surface area contributed by atoms with Crippen LogP contribution in [0.25, 0.3) is 10.9 Å². The van der Waals surface area contributed by atoms with Crippen LogP contribution in [0.1, 0.15) is 39.2 Å². The number of aromatic nitrogens is 1. The Balaban J connectivity index is 2.19. The van der Waals surface area contributed by atoms with E-state index in [1.807, 2.05) is 38.1 Å². The number of nitrogens with one attached hydrogen (secondary N) is 4. The predicted octanol–water partition coefficient (Wildman–Crippen LogP) is 2.37. The van der Waals surface area contributed by atoms with Crippen LogP contribution < -0.4 is 10.6 Å². The number of carbonyl (C=O) groups excluding carboxylic acids is 4. The number of rotatable bonds is 11. The molecule has 0 aliphatic rings. The van der Waals surface area contributed by atoms with Crippen molar-refractivity contribution in [3.8, 4) is 0 Å². The van der Waals surface area contributed by atoms with E-state index in [9.17, 15) is 19.2 Å². The normalized spacial score (nSPS) is 12.9. The first kappa shape index (κ1) is 24.3. The largest absolute Gasteiger partial charge is 0.361 e. The van der Waals surface area contributed by atoms with Gasteiger partial charge in [0.25, 0.3) is 0 Å². The van der Waals surface area contributed by atoms with E-state index in [4.69, 9.17) is 5.41 Å². The molecule has 31 heavy (non-hydrogen) atoms. The van der Waals surface area contributed by atoms with Gasteiger partial charge in [0.15, 0.2) is 5.78 Å². The molecule has 8 nitrogen and oxygen atoms in total. The molecule has 9 heteroatoms. The SMILES string of the molecule is CC(=O)N[C@@H](Cc1c[nH]c2ccccc12)C(=O)N[C@@H](CCC(=O)C=N)C(=O)SC(C)C. The van der Waals surface area contributed by atoms with Crippen LogP contribution in [0.3, 0.4) is 0 Å². The molecule has 0 saturated heterocycles. The van der Waals surface area contributed by atoms with Crippen LogP contribution in [-0.4, -0.2) is 51.2 Å². The fraction of sp³-hybridized carbons (Fsp3) is 0.409. The molecule has 166 valence electrons. The summed E-state index contributed by atoms with van der Waals surface area (Å²) in [6.07, 6.45) is 2.82. The molecule has 2 rings (SSSR count). The molecule has 1 aromatic carbocycles. The molecule has 0 spiro atoms. The van der Waals surface area contributed by atoms with Crippen LogP contribution in [0.2, 0.25) is 0 Å². The highest BCUT2D eigenvalue weighted by molar-refractivity contribution is 8.14. The van der Waals surface area contributed by atoms with Crippen LogP contribution in [0, 0.1) is 5.41 Å². The lowest BCUT2D eigenvalue weighted by Crippen LogP contribution is -2.52. The highest BCUT2D eigenvalue weighted by atomic mass is 32.2. The Morgan fingerprint density at radius 3 is 2.48 bits per heavy atom. The maximum Gasteiger partial charge on any atom is 0.243 e. The Morgan fingerprint density at radius 1 is 1.13 bits per heavy atom. The van der Waals surface area contributed by atoms with Crippen LogP contribution in [0.15, 0.2) is 30.5 Å². The second kappa shape index (κ2) is 11.5. The Kier molecular flexibility index (Phi) is 8.99. The van der Waals surface area contributed by atoms with E-state index >= 15 is 0 Å². The quantitative estimate of drug-likeness (QED) is 0.395. The zero-order chi connectivity index (χ0) is 23.0. The molecule has 1 aromatic heterocycles. The number of benzene rings is 1. The lowest BCUT2D eigenvalue weighted by Gasteiger charge is -2.22. The fourth-order valence-electron chi connectivity index (χ4n) is 3.17. The van der Waals surface area contributed by atoms with Crippen molar-refractivity contribution in [3.05, 3.63) is 36.0 Å². The van der Waals surface area contributed by atoms with Crippen molar-refractivity contribution in [2.45, 2.75) is 57.4 Å². The van der Waals surface area contributed by atoms with E-state index in [0.29, 0.717) is 6.21 Å². The van der Waals surface area contributed by atoms with Crippen molar-refractivity contribution in [1.29, 1.82) is 5.41 Å². The molecule has 1 heterocycles. The van der Waals surface area contributed by atoms with Crippen LogP contribution in [0.5, 0.6) is 0 Å². The molecule has 0 aliphatic carbocycles. The predicted molar refractivity (Wildman–Crippen MR) is 122 cm³/mol. The number of H-pyrrole nitrogens is 1. The van der Waals surface area contributed by atoms with Gasteiger partial charge in [-0.15, -0.1) is 0 Å². The topological polar surface area (TPSA) is 132 Å². The minimum Gasteiger partial charge on any atom is -0.361 e.